The molecule has 1 heterocycles. The van der Waals surface area contributed by atoms with E-state index in [0.717, 1.165) is 12.3 Å². The van der Waals surface area contributed by atoms with E-state index in [0.29, 0.717) is 10.1 Å². The van der Waals surface area contributed by atoms with Crippen molar-refractivity contribution in [3.63, 3.8) is 0 Å². The van der Waals surface area contributed by atoms with E-state index in [2.05, 4.69) is 41.5 Å². The van der Waals surface area contributed by atoms with Crippen LogP contribution in [0.4, 0.5) is 0 Å². The quantitative estimate of drug-likeness (QED) is 0.404. The SMILES string of the molecule is CCC1=NC2CCCCCCC2[C@H](I)N1C. The van der Waals surface area contributed by atoms with Crippen LogP contribution in [0, 0.1) is 5.92 Å². The van der Waals surface area contributed by atoms with E-state index in [4.69, 9.17) is 4.99 Å². The Morgan fingerprint density at radius 3 is 2.62 bits per heavy atom. The van der Waals surface area contributed by atoms with Crippen LogP contribution in [0.1, 0.15) is 51.9 Å². The summed E-state index contributed by atoms with van der Waals surface area (Å²) in [4.78, 5) is 7.40. The summed E-state index contributed by atoms with van der Waals surface area (Å²) in [6, 6.07) is 0.619. The summed E-state index contributed by atoms with van der Waals surface area (Å²) in [7, 11) is 2.22. The first kappa shape index (κ1) is 12.7. The molecule has 0 saturated heterocycles. The average Bonchev–Trinajstić information content (AvgIpc) is 2.25. The summed E-state index contributed by atoms with van der Waals surface area (Å²) >= 11 is 2.63. The molecule has 1 saturated carbocycles. The van der Waals surface area contributed by atoms with Gasteiger partial charge in [0.2, 0.25) is 0 Å². The molecule has 0 N–H and O–H groups in total. The molecule has 2 nitrogen and oxygen atoms in total. The van der Waals surface area contributed by atoms with E-state index < -0.39 is 0 Å². The minimum Gasteiger partial charge on any atom is -0.351 e. The van der Waals surface area contributed by atoms with Gasteiger partial charge in [-0.25, -0.2) is 0 Å². The lowest BCUT2D eigenvalue weighted by Crippen LogP contribution is -2.47. The molecule has 1 aliphatic heterocycles. The molecule has 0 aromatic rings. The van der Waals surface area contributed by atoms with Gasteiger partial charge in [-0.2, -0.15) is 0 Å². The van der Waals surface area contributed by atoms with E-state index in [1.54, 1.807) is 0 Å². The maximum absolute atomic E-state index is 4.99. The maximum Gasteiger partial charge on any atom is 0.0995 e. The van der Waals surface area contributed by atoms with Crippen molar-refractivity contribution >= 4 is 28.4 Å². The highest BCUT2D eigenvalue weighted by molar-refractivity contribution is 14.1. The van der Waals surface area contributed by atoms with Crippen LogP contribution >= 0.6 is 22.6 Å². The molecule has 2 rings (SSSR count). The number of hydrogen-bond acceptors (Lipinski definition) is 2. The predicted molar refractivity (Wildman–Crippen MR) is 78.3 cm³/mol. The lowest BCUT2D eigenvalue weighted by molar-refractivity contribution is 0.242. The van der Waals surface area contributed by atoms with Crippen molar-refractivity contribution < 1.29 is 0 Å². The van der Waals surface area contributed by atoms with Gasteiger partial charge in [-0.15, -0.1) is 0 Å². The third-order valence-corrected chi connectivity index (χ3v) is 5.80. The molecule has 0 aromatic heterocycles. The molecule has 92 valence electrons. The molecule has 0 radical (unpaired) electrons. The lowest BCUT2D eigenvalue weighted by Gasteiger charge is -2.41. The van der Waals surface area contributed by atoms with Crippen molar-refractivity contribution in [2.75, 3.05) is 7.05 Å². The minimum absolute atomic E-state index is 0.619. The van der Waals surface area contributed by atoms with Crippen molar-refractivity contribution in [1.29, 1.82) is 0 Å². The van der Waals surface area contributed by atoms with Crippen molar-refractivity contribution in [2.45, 2.75) is 62.0 Å². The largest absolute Gasteiger partial charge is 0.351 e. The zero-order chi connectivity index (χ0) is 11.5. The van der Waals surface area contributed by atoms with Crippen molar-refractivity contribution in [3.8, 4) is 0 Å². The van der Waals surface area contributed by atoms with Crippen LogP contribution in [-0.4, -0.2) is 27.9 Å². The molecule has 0 amide bonds. The summed E-state index contributed by atoms with van der Waals surface area (Å²) in [5, 5.41) is 0. The van der Waals surface area contributed by atoms with Crippen LogP contribution in [0.25, 0.3) is 0 Å². The summed E-state index contributed by atoms with van der Waals surface area (Å²) in [5.74, 6) is 2.11. The zero-order valence-electron chi connectivity index (χ0n) is 10.5. The second-order valence-corrected chi connectivity index (χ2v) is 6.38. The highest BCUT2D eigenvalue weighted by Crippen LogP contribution is 2.35. The second-order valence-electron chi connectivity index (χ2n) is 5.11. The van der Waals surface area contributed by atoms with Crippen molar-refractivity contribution in [1.82, 2.24) is 4.90 Å². The topological polar surface area (TPSA) is 15.6 Å². The van der Waals surface area contributed by atoms with Gasteiger partial charge in [0, 0.05) is 19.4 Å². The zero-order valence-corrected chi connectivity index (χ0v) is 12.6. The Kier molecular flexibility index (Phi) is 4.50. The number of fused-ring (bicyclic) bond motifs is 1. The molecular weight excluding hydrogens is 311 g/mol. The lowest BCUT2D eigenvalue weighted by atomic mass is 9.85. The van der Waals surface area contributed by atoms with Gasteiger partial charge in [0.15, 0.2) is 0 Å². The number of hydrogen-bond donors (Lipinski definition) is 0. The normalized spacial score (nSPS) is 36.1. The highest BCUT2D eigenvalue weighted by atomic mass is 127. The maximum atomic E-state index is 4.99. The van der Waals surface area contributed by atoms with Gasteiger partial charge in [-0.1, -0.05) is 55.2 Å². The fourth-order valence-electron chi connectivity index (χ4n) is 3.03. The van der Waals surface area contributed by atoms with E-state index >= 15 is 0 Å². The van der Waals surface area contributed by atoms with Gasteiger partial charge in [0.1, 0.15) is 0 Å². The number of nitrogens with zero attached hydrogens (tertiary/aromatic N) is 2. The summed E-state index contributed by atoms with van der Waals surface area (Å²) in [6.45, 7) is 2.22. The number of halogens is 1. The van der Waals surface area contributed by atoms with Gasteiger partial charge >= 0.3 is 0 Å². The molecule has 2 aliphatic rings. The average molecular weight is 334 g/mol. The van der Waals surface area contributed by atoms with E-state index in [1.807, 2.05) is 0 Å². The molecule has 0 bridgehead atoms. The van der Waals surface area contributed by atoms with E-state index in [1.165, 1.54) is 44.4 Å². The van der Waals surface area contributed by atoms with Gasteiger partial charge < -0.3 is 4.90 Å². The van der Waals surface area contributed by atoms with Crippen LogP contribution in [0.15, 0.2) is 4.99 Å². The van der Waals surface area contributed by atoms with Crippen molar-refractivity contribution in [3.05, 3.63) is 0 Å². The number of aliphatic imine (C=N–C) groups is 1. The van der Waals surface area contributed by atoms with Gasteiger partial charge in [0.05, 0.1) is 15.9 Å². The summed E-state index contributed by atoms with van der Waals surface area (Å²) in [6.07, 6.45) is 9.42. The molecule has 3 heteroatoms. The number of alkyl halides is 1. The molecule has 2 unspecified atom stereocenters. The summed E-state index contributed by atoms with van der Waals surface area (Å²) in [5.41, 5.74) is 0. The predicted octanol–water partition coefficient (Wildman–Crippen LogP) is 3.84. The van der Waals surface area contributed by atoms with Gasteiger partial charge in [-0.3, -0.25) is 4.99 Å². The Balaban J connectivity index is 2.17. The first-order valence-corrected chi connectivity index (χ1v) is 7.92. The fourth-order valence-corrected chi connectivity index (χ4v) is 4.19. The van der Waals surface area contributed by atoms with Crippen LogP contribution in [0.3, 0.4) is 0 Å². The summed E-state index contributed by atoms with van der Waals surface area (Å²) < 4.78 is 0.660. The fraction of sp³-hybridized carbons (Fsp3) is 0.923. The van der Waals surface area contributed by atoms with Crippen LogP contribution in [-0.2, 0) is 0 Å². The van der Waals surface area contributed by atoms with Crippen LogP contribution < -0.4 is 0 Å². The second kappa shape index (κ2) is 5.69. The Morgan fingerprint density at radius 1 is 1.25 bits per heavy atom. The highest BCUT2D eigenvalue weighted by Gasteiger charge is 2.35. The van der Waals surface area contributed by atoms with Crippen LogP contribution in [0.2, 0.25) is 0 Å². The minimum atomic E-state index is 0.619. The molecular formula is C13H23IN2. The van der Waals surface area contributed by atoms with Gasteiger partial charge in [-0.05, 0) is 12.8 Å². The third-order valence-electron chi connectivity index (χ3n) is 4.04. The third kappa shape index (κ3) is 2.54. The standard InChI is InChI=1S/C13H23IN2/c1-3-12-15-11-9-7-5-4-6-8-10(11)13(14)16(12)2/h10-11,13H,3-9H2,1-2H3/t10?,11?,13-/m1/s1. The number of rotatable bonds is 1. The first-order valence-electron chi connectivity index (χ1n) is 6.67. The molecule has 16 heavy (non-hydrogen) atoms. The molecule has 1 aliphatic carbocycles. The first-order chi connectivity index (χ1) is 7.74. The molecule has 0 spiro atoms. The smallest absolute Gasteiger partial charge is 0.0995 e. The van der Waals surface area contributed by atoms with E-state index in [-0.39, 0.29) is 0 Å². The Bertz CT molecular complexity index is 265. The molecule has 3 atom stereocenters. The number of amidine groups is 1. The molecule has 1 fully saturated rings. The van der Waals surface area contributed by atoms with Crippen LogP contribution in [0.5, 0.6) is 0 Å². The molecule has 0 aromatic carbocycles. The Hall–Kier alpha value is 0.200. The monoisotopic (exact) mass is 334 g/mol. The Morgan fingerprint density at radius 2 is 1.94 bits per heavy atom. The van der Waals surface area contributed by atoms with Crippen molar-refractivity contribution in [2.24, 2.45) is 10.9 Å². The van der Waals surface area contributed by atoms with E-state index in [9.17, 15) is 0 Å². The Labute approximate surface area is 113 Å². The van der Waals surface area contributed by atoms with Gasteiger partial charge in [0.25, 0.3) is 0 Å².